The van der Waals surface area contributed by atoms with Crippen molar-refractivity contribution in [3.8, 4) is 0 Å². The number of rotatable bonds is 5. The quantitative estimate of drug-likeness (QED) is 0.844. The lowest BCUT2D eigenvalue weighted by Gasteiger charge is -2.07. The van der Waals surface area contributed by atoms with E-state index in [1.165, 1.54) is 23.9 Å². The number of methoxy groups -OCH3 is 1. The maximum absolute atomic E-state index is 13.4. The zero-order chi connectivity index (χ0) is 15.4. The summed E-state index contributed by atoms with van der Waals surface area (Å²) in [5, 5.41) is 7.76. The molecule has 2 aromatic rings. The highest BCUT2D eigenvalue weighted by atomic mass is 35.5. The van der Waals surface area contributed by atoms with Gasteiger partial charge in [-0.15, -0.1) is 5.10 Å². The van der Waals surface area contributed by atoms with Crippen LogP contribution in [0.5, 0.6) is 0 Å². The van der Waals surface area contributed by atoms with E-state index in [9.17, 15) is 9.18 Å². The first-order valence-electron chi connectivity index (χ1n) is 6.21. The van der Waals surface area contributed by atoms with Crippen LogP contribution in [0.4, 0.5) is 4.39 Å². The topological polar surface area (TPSA) is 83.0 Å². The van der Waals surface area contributed by atoms with E-state index in [0.717, 1.165) is 0 Å². The molecule has 0 aliphatic rings. The Kier molecular flexibility index (Phi) is 4.87. The van der Waals surface area contributed by atoms with Gasteiger partial charge in [0, 0.05) is 6.42 Å². The number of esters is 1. The Morgan fingerprint density at radius 2 is 2.29 bits per heavy atom. The van der Waals surface area contributed by atoms with Crippen LogP contribution in [0.15, 0.2) is 18.2 Å². The van der Waals surface area contributed by atoms with Gasteiger partial charge in [-0.05, 0) is 24.2 Å². The summed E-state index contributed by atoms with van der Waals surface area (Å²) >= 11 is 5.64. The van der Waals surface area contributed by atoms with Gasteiger partial charge in [-0.3, -0.25) is 0 Å². The highest BCUT2D eigenvalue weighted by molar-refractivity contribution is 6.30. The van der Waals surface area contributed by atoms with Crippen LogP contribution in [0, 0.1) is 5.82 Å². The van der Waals surface area contributed by atoms with E-state index in [0.29, 0.717) is 24.2 Å². The summed E-state index contributed by atoms with van der Waals surface area (Å²) in [5.41, 5.74) is 6.87. The molecule has 0 saturated carbocycles. The Morgan fingerprint density at radius 1 is 1.52 bits per heavy atom. The van der Waals surface area contributed by atoms with E-state index in [2.05, 4.69) is 15.0 Å². The number of nitrogens with two attached hydrogens (primary N) is 1. The van der Waals surface area contributed by atoms with Crippen LogP contribution in [0.1, 0.15) is 21.7 Å². The molecule has 0 atom stereocenters. The molecular weight excluding hydrogens is 299 g/mol. The smallest absolute Gasteiger partial charge is 0.360 e. The van der Waals surface area contributed by atoms with Crippen molar-refractivity contribution < 1.29 is 13.9 Å². The molecule has 21 heavy (non-hydrogen) atoms. The van der Waals surface area contributed by atoms with Crippen LogP contribution >= 0.6 is 11.6 Å². The van der Waals surface area contributed by atoms with Crippen LogP contribution in [0.2, 0.25) is 5.02 Å². The van der Waals surface area contributed by atoms with Crippen LogP contribution < -0.4 is 5.73 Å². The van der Waals surface area contributed by atoms with Crippen LogP contribution in [-0.2, 0) is 17.7 Å². The van der Waals surface area contributed by atoms with E-state index < -0.39 is 11.8 Å². The molecule has 8 heteroatoms. The van der Waals surface area contributed by atoms with Gasteiger partial charge in [0.1, 0.15) is 5.82 Å². The molecule has 2 N–H and O–H groups in total. The molecule has 1 aromatic carbocycles. The highest BCUT2D eigenvalue weighted by Gasteiger charge is 2.19. The fourth-order valence-corrected chi connectivity index (χ4v) is 2.03. The number of carbonyl (C=O) groups is 1. The average molecular weight is 313 g/mol. The highest BCUT2D eigenvalue weighted by Crippen LogP contribution is 2.17. The van der Waals surface area contributed by atoms with Crippen molar-refractivity contribution in [1.29, 1.82) is 0 Å². The number of halogens is 2. The Bertz CT molecular complexity index is 660. The number of benzene rings is 1. The van der Waals surface area contributed by atoms with Crippen molar-refractivity contribution >= 4 is 17.6 Å². The number of nitrogens with zero attached hydrogens (tertiary/aromatic N) is 3. The Hall–Kier alpha value is -1.99. The Morgan fingerprint density at radius 3 is 2.90 bits per heavy atom. The number of carbonyl (C=O) groups excluding carboxylic acids is 1. The molecule has 0 unspecified atom stereocenters. The third-order valence-electron chi connectivity index (χ3n) is 2.91. The maximum atomic E-state index is 13.4. The van der Waals surface area contributed by atoms with Crippen molar-refractivity contribution in [3.63, 3.8) is 0 Å². The zero-order valence-corrected chi connectivity index (χ0v) is 12.1. The minimum Gasteiger partial charge on any atom is -0.464 e. The van der Waals surface area contributed by atoms with Crippen molar-refractivity contribution in [2.24, 2.45) is 5.73 Å². The van der Waals surface area contributed by atoms with Gasteiger partial charge in [0.2, 0.25) is 0 Å². The molecule has 0 radical (unpaired) electrons. The van der Waals surface area contributed by atoms with Gasteiger partial charge in [0.25, 0.3) is 0 Å². The van der Waals surface area contributed by atoms with Gasteiger partial charge in [-0.25, -0.2) is 13.9 Å². The summed E-state index contributed by atoms with van der Waals surface area (Å²) in [6, 6.07) is 4.46. The van der Waals surface area contributed by atoms with Gasteiger partial charge in [0.15, 0.2) is 5.69 Å². The van der Waals surface area contributed by atoms with Gasteiger partial charge in [-0.2, -0.15) is 0 Å². The molecule has 0 aliphatic carbocycles. The Labute approximate surface area is 125 Å². The monoisotopic (exact) mass is 312 g/mol. The number of hydrogen-bond donors (Lipinski definition) is 1. The maximum Gasteiger partial charge on any atom is 0.360 e. The van der Waals surface area contributed by atoms with Gasteiger partial charge in [-0.1, -0.05) is 22.9 Å². The van der Waals surface area contributed by atoms with E-state index in [1.54, 1.807) is 6.07 Å². The molecule has 1 aromatic heterocycles. The summed E-state index contributed by atoms with van der Waals surface area (Å²) in [5.74, 6) is -1.09. The summed E-state index contributed by atoms with van der Waals surface area (Å²) in [7, 11) is 1.27. The molecule has 0 amide bonds. The SMILES string of the molecule is COC(=O)c1nnn(Cc2ccc(Cl)c(F)c2)c1CCN. The van der Waals surface area contributed by atoms with Crippen molar-refractivity contribution in [2.75, 3.05) is 13.7 Å². The zero-order valence-electron chi connectivity index (χ0n) is 11.3. The Balaban J connectivity index is 2.32. The molecule has 0 spiro atoms. The minimum atomic E-state index is -0.577. The predicted octanol–water partition coefficient (Wildman–Crippen LogP) is 1.41. The van der Waals surface area contributed by atoms with Crippen LogP contribution in [0.25, 0.3) is 0 Å². The fourth-order valence-electron chi connectivity index (χ4n) is 1.91. The lowest BCUT2D eigenvalue weighted by atomic mass is 10.2. The van der Waals surface area contributed by atoms with Crippen LogP contribution in [-0.4, -0.2) is 34.6 Å². The minimum absolute atomic E-state index is 0.0507. The molecule has 0 saturated heterocycles. The summed E-state index contributed by atoms with van der Waals surface area (Å²) in [4.78, 5) is 11.6. The van der Waals surface area contributed by atoms with Gasteiger partial charge < -0.3 is 10.5 Å². The molecular formula is C13H14ClFN4O2. The van der Waals surface area contributed by atoms with E-state index in [-0.39, 0.29) is 17.3 Å². The number of aromatic nitrogens is 3. The van der Waals surface area contributed by atoms with E-state index in [1.807, 2.05) is 0 Å². The summed E-state index contributed by atoms with van der Waals surface area (Å²) in [6.07, 6.45) is 0.410. The molecule has 0 fully saturated rings. The third kappa shape index (κ3) is 3.37. The number of hydrogen-bond acceptors (Lipinski definition) is 5. The number of ether oxygens (including phenoxy) is 1. The van der Waals surface area contributed by atoms with Gasteiger partial charge in [0.05, 0.1) is 24.4 Å². The van der Waals surface area contributed by atoms with E-state index in [4.69, 9.17) is 17.3 Å². The van der Waals surface area contributed by atoms with Gasteiger partial charge >= 0.3 is 5.97 Å². The second kappa shape index (κ2) is 6.64. The average Bonchev–Trinajstić information content (AvgIpc) is 2.85. The first kappa shape index (κ1) is 15.4. The lowest BCUT2D eigenvalue weighted by Crippen LogP contribution is -2.14. The largest absolute Gasteiger partial charge is 0.464 e. The first-order valence-corrected chi connectivity index (χ1v) is 6.59. The van der Waals surface area contributed by atoms with Crippen molar-refractivity contribution in [1.82, 2.24) is 15.0 Å². The molecule has 2 rings (SSSR count). The predicted molar refractivity (Wildman–Crippen MR) is 74.6 cm³/mol. The van der Waals surface area contributed by atoms with E-state index >= 15 is 0 Å². The summed E-state index contributed by atoms with van der Waals surface area (Å²) < 4.78 is 19.6. The fraction of sp³-hybridized carbons (Fsp3) is 0.308. The van der Waals surface area contributed by atoms with Crippen LogP contribution in [0.3, 0.4) is 0 Å². The molecule has 6 nitrogen and oxygen atoms in total. The second-order valence-corrected chi connectivity index (χ2v) is 4.73. The molecule has 1 heterocycles. The molecule has 0 aliphatic heterocycles. The summed E-state index contributed by atoms with van der Waals surface area (Å²) in [6.45, 7) is 0.583. The first-order chi connectivity index (χ1) is 10.1. The third-order valence-corrected chi connectivity index (χ3v) is 3.22. The van der Waals surface area contributed by atoms with Crippen molar-refractivity contribution in [3.05, 3.63) is 46.0 Å². The normalized spacial score (nSPS) is 10.7. The molecule has 112 valence electrons. The van der Waals surface area contributed by atoms with Crippen molar-refractivity contribution in [2.45, 2.75) is 13.0 Å². The lowest BCUT2D eigenvalue weighted by molar-refractivity contribution is 0.0592. The molecule has 0 bridgehead atoms. The second-order valence-electron chi connectivity index (χ2n) is 4.32. The standard InChI is InChI=1S/C13H14ClFN4O2/c1-21-13(20)12-11(4-5-16)19(18-17-12)7-8-2-3-9(14)10(15)6-8/h2-3,6H,4-5,7,16H2,1H3.